The molecule has 3 rings (SSSR count). The van der Waals surface area contributed by atoms with E-state index in [4.69, 9.17) is 0 Å². The van der Waals surface area contributed by atoms with Gasteiger partial charge in [0.2, 0.25) is 0 Å². The molecule has 0 aliphatic rings. The molecule has 0 atom stereocenters. The molecule has 26 heavy (non-hydrogen) atoms. The molecule has 2 N–H and O–H groups in total. The highest BCUT2D eigenvalue weighted by molar-refractivity contribution is 5.94. The number of rotatable bonds is 7. The Bertz CT molecular complexity index is 870. The minimum atomic E-state index is -0.217. The minimum Gasteiger partial charge on any atom is -0.370 e. The van der Waals surface area contributed by atoms with Crippen molar-refractivity contribution < 1.29 is 9.18 Å². The second-order valence-corrected chi connectivity index (χ2v) is 5.74. The highest BCUT2D eigenvalue weighted by Crippen LogP contribution is 2.10. The van der Waals surface area contributed by atoms with Crippen LogP contribution in [0.3, 0.4) is 0 Å². The van der Waals surface area contributed by atoms with Gasteiger partial charge in [-0.05, 0) is 41.8 Å². The van der Waals surface area contributed by atoms with E-state index in [1.807, 2.05) is 18.2 Å². The lowest BCUT2D eigenvalue weighted by Crippen LogP contribution is -2.23. The van der Waals surface area contributed by atoms with Crippen molar-refractivity contribution in [3.63, 3.8) is 0 Å². The molecular formula is C20H19FN4O. The fourth-order valence-electron chi connectivity index (χ4n) is 2.48. The number of aromatic nitrogens is 2. The van der Waals surface area contributed by atoms with Crippen LogP contribution >= 0.6 is 0 Å². The van der Waals surface area contributed by atoms with Gasteiger partial charge in [0, 0.05) is 37.2 Å². The lowest BCUT2D eigenvalue weighted by Gasteiger charge is -2.09. The van der Waals surface area contributed by atoms with E-state index < -0.39 is 0 Å². The molecule has 0 aliphatic heterocycles. The van der Waals surface area contributed by atoms with Crippen LogP contribution in [0.25, 0.3) is 0 Å². The molecule has 6 heteroatoms. The van der Waals surface area contributed by atoms with E-state index in [0.717, 1.165) is 5.56 Å². The molecular weight excluding hydrogens is 331 g/mol. The summed E-state index contributed by atoms with van der Waals surface area (Å²) in [6, 6.07) is 13.7. The van der Waals surface area contributed by atoms with Crippen LogP contribution in [-0.4, -0.2) is 22.4 Å². The van der Waals surface area contributed by atoms with Crippen molar-refractivity contribution in [3.05, 3.63) is 89.6 Å². The quantitative estimate of drug-likeness (QED) is 0.687. The summed E-state index contributed by atoms with van der Waals surface area (Å²) in [5.74, 6) is 0.176. The van der Waals surface area contributed by atoms with Gasteiger partial charge < -0.3 is 10.6 Å². The molecule has 5 nitrogen and oxygen atoms in total. The topological polar surface area (TPSA) is 66.9 Å². The standard InChI is InChI=1S/C20H19FN4O/c21-18-6-2-1-5-16(18)7-10-23-19-12-17(8-11-24-19)20(26)25-14-15-4-3-9-22-13-15/h1-6,8-9,11-13H,7,10,14H2,(H,23,24)(H,25,26). The van der Waals surface area contributed by atoms with Gasteiger partial charge >= 0.3 is 0 Å². The number of halogens is 1. The van der Waals surface area contributed by atoms with Gasteiger partial charge in [-0.25, -0.2) is 9.37 Å². The van der Waals surface area contributed by atoms with Crippen LogP contribution in [0.5, 0.6) is 0 Å². The van der Waals surface area contributed by atoms with Gasteiger partial charge in [0.1, 0.15) is 11.6 Å². The minimum absolute atomic E-state index is 0.187. The van der Waals surface area contributed by atoms with E-state index >= 15 is 0 Å². The summed E-state index contributed by atoms with van der Waals surface area (Å²) >= 11 is 0. The van der Waals surface area contributed by atoms with Crippen molar-refractivity contribution in [2.75, 3.05) is 11.9 Å². The summed E-state index contributed by atoms with van der Waals surface area (Å²) in [5.41, 5.74) is 2.08. The third-order valence-electron chi connectivity index (χ3n) is 3.86. The summed E-state index contributed by atoms with van der Waals surface area (Å²) in [6.07, 6.45) is 5.51. The zero-order valence-electron chi connectivity index (χ0n) is 14.2. The molecule has 0 bridgehead atoms. The maximum absolute atomic E-state index is 13.6. The number of anilines is 1. The smallest absolute Gasteiger partial charge is 0.251 e. The maximum Gasteiger partial charge on any atom is 0.251 e. The summed E-state index contributed by atoms with van der Waals surface area (Å²) < 4.78 is 13.6. The van der Waals surface area contributed by atoms with Crippen LogP contribution < -0.4 is 10.6 Å². The molecule has 0 saturated heterocycles. The number of amides is 1. The van der Waals surface area contributed by atoms with Gasteiger partial charge in [0.15, 0.2) is 0 Å². The Labute approximate surface area is 151 Å². The Kier molecular flexibility index (Phi) is 5.88. The van der Waals surface area contributed by atoms with Crippen molar-refractivity contribution >= 4 is 11.7 Å². The monoisotopic (exact) mass is 350 g/mol. The zero-order chi connectivity index (χ0) is 18.2. The van der Waals surface area contributed by atoms with E-state index in [0.29, 0.717) is 36.5 Å². The first-order chi connectivity index (χ1) is 12.7. The Balaban J connectivity index is 1.54. The number of hydrogen-bond donors (Lipinski definition) is 2. The average molecular weight is 350 g/mol. The Morgan fingerprint density at radius 3 is 2.77 bits per heavy atom. The molecule has 1 aromatic carbocycles. The number of pyridine rings is 2. The number of carbonyl (C=O) groups is 1. The number of nitrogens with one attached hydrogen (secondary N) is 2. The van der Waals surface area contributed by atoms with E-state index in [1.54, 1.807) is 42.9 Å². The molecule has 1 amide bonds. The van der Waals surface area contributed by atoms with Crippen LogP contribution in [0.4, 0.5) is 10.2 Å². The SMILES string of the molecule is O=C(NCc1cccnc1)c1ccnc(NCCc2ccccc2F)c1. The third-order valence-corrected chi connectivity index (χ3v) is 3.86. The number of hydrogen-bond acceptors (Lipinski definition) is 4. The van der Waals surface area contributed by atoms with Gasteiger partial charge in [0.05, 0.1) is 0 Å². The van der Waals surface area contributed by atoms with Gasteiger partial charge in [0.25, 0.3) is 5.91 Å². The van der Waals surface area contributed by atoms with E-state index in [9.17, 15) is 9.18 Å². The molecule has 0 spiro atoms. The highest BCUT2D eigenvalue weighted by atomic mass is 19.1. The van der Waals surface area contributed by atoms with Crippen LogP contribution in [0, 0.1) is 5.82 Å². The van der Waals surface area contributed by atoms with Crippen LogP contribution in [0.1, 0.15) is 21.5 Å². The third kappa shape index (κ3) is 4.86. The fraction of sp³-hybridized carbons (Fsp3) is 0.150. The van der Waals surface area contributed by atoms with Crippen molar-refractivity contribution in [3.8, 4) is 0 Å². The summed E-state index contributed by atoms with van der Waals surface area (Å²) in [6.45, 7) is 0.930. The average Bonchev–Trinajstić information content (AvgIpc) is 2.69. The van der Waals surface area contributed by atoms with E-state index in [2.05, 4.69) is 20.6 Å². The molecule has 0 fully saturated rings. The summed E-state index contributed by atoms with van der Waals surface area (Å²) in [5, 5.41) is 5.97. The van der Waals surface area contributed by atoms with Crippen LogP contribution in [0.2, 0.25) is 0 Å². The lowest BCUT2D eigenvalue weighted by atomic mass is 10.1. The molecule has 0 radical (unpaired) electrons. The predicted molar refractivity (Wildman–Crippen MR) is 98.2 cm³/mol. The second-order valence-electron chi connectivity index (χ2n) is 5.74. The van der Waals surface area contributed by atoms with Crippen LogP contribution in [-0.2, 0) is 13.0 Å². The van der Waals surface area contributed by atoms with Crippen molar-refractivity contribution in [2.24, 2.45) is 0 Å². The molecule has 3 aromatic rings. The zero-order valence-corrected chi connectivity index (χ0v) is 14.2. The van der Waals surface area contributed by atoms with Crippen molar-refractivity contribution in [1.29, 1.82) is 0 Å². The second kappa shape index (κ2) is 8.71. The molecule has 2 heterocycles. The van der Waals surface area contributed by atoms with E-state index in [1.165, 1.54) is 6.07 Å². The normalized spacial score (nSPS) is 10.3. The number of carbonyl (C=O) groups excluding carboxylic acids is 1. The summed E-state index contributed by atoms with van der Waals surface area (Å²) in [4.78, 5) is 20.5. The first-order valence-corrected chi connectivity index (χ1v) is 8.33. The summed E-state index contributed by atoms with van der Waals surface area (Å²) in [7, 11) is 0. The van der Waals surface area contributed by atoms with Crippen LogP contribution in [0.15, 0.2) is 67.1 Å². The molecule has 0 saturated carbocycles. The largest absolute Gasteiger partial charge is 0.370 e. The van der Waals surface area contributed by atoms with Gasteiger partial charge in [-0.2, -0.15) is 0 Å². The van der Waals surface area contributed by atoms with Gasteiger partial charge in [-0.15, -0.1) is 0 Å². The van der Waals surface area contributed by atoms with Gasteiger partial charge in [-0.1, -0.05) is 24.3 Å². The fourth-order valence-corrected chi connectivity index (χ4v) is 2.48. The maximum atomic E-state index is 13.6. The molecule has 0 unspecified atom stereocenters. The molecule has 0 aliphatic carbocycles. The lowest BCUT2D eigenvalue weighted by molar-refractivity contribution is 0.0951. The van der Waals surface area contributed by atoms with E-state index in [-0.39, 0.29) is 11.7 Å². The Morgan fingerprint density at radius 2 is 1.96 bits per heavy atom. The van der Waals surface area contributed by atoms with Crippen molar-refractivity contribution in [1.82, 2.24) is 15.3 Å². The molecule has 2 aromatic heterocycles. The number of nitrogens with zero attached hydrogens (tertiary/aromatic N) is 2. The first kappa shape index (κ1) is 17.5. The Morgan fingerprint density at radius 1 is 1.08 bits per heavy atom. The van der Waals surface area contributed by atoms with Gasteiger partial charge in [-0.3, -0.25) is 9.78 Å². The predicted octanol–water partition coefficient (Wildman–Crippen LogP) is 3.20. The molecule has 132 valence electrons. The highest BCUT2D eigenvalue weighted by Gasteiger charge is 2.07. The Hall–Kier alpha value is -3.28. The van der Waals surface area contributed by atoms with Crippen molar-refractivity contribution in [2.45, 2.75) is 13.0 Å². The first-order valence-electron chi connectivity index (χ1n) is 8.33. The number of benzene rings is 1.